The van der Waals surface area contributed by atoms with Crippen LogP contribution in [0.3, 0.4) is 0 Å². The molecule has 7 aliphatic rings. The average Bonchev–Trinajstić information content (AvgIpc) is 4.16. The lowest BCUT2D eigenvalue weighted by molar-refractivity contribution is -0.154. The Kier molecular flexibility index (Phi) is 10.2. The van der Waals surface area contributed by atoms with Crippen LogP contribution in [0, 0.1) is 11.8 Å². The topological polar surface area (TPSA) is 170 Å². The second kappa shape index (κ2) is 14.9. The van der Waals surface area contributed by atoms with Gasteiger partial charge in [0.2, 0.25) is 21.8 Å². The van der Waals surface area contributed by atoms with Crippen LogP contribution in [0.25, 0.3) is 10.9 Å². The highest BCUT2D eigenvalue weighted by Gasteiger charge is 2.65. The van der Waals surface area contributed by atoms with Gasteiger partial charge in [0.1, 0.15) is 29.0 Å². The number of fused-ring (bicyclic) bond motifs is 5. The zero-order valence-electron chi connectivity index (χ0n) is 34.2. The molecule has 1 aromatic heterocycles. The second-order valence-electron chi connectivity index (χ2n) is 18.7. The summed E-state index contributed by atoms with van der Waals surface area (Å²) >= 11 is 0. The summed E-state index contributed by atoms with van der Waals surface area (Å²) in [6, 6.07) is 3.45. The van der Waals surface area contributed by atoms with Crippen LogP contribution in [0.5, 0.6) is 11.5 Å². The number of carbonyl (C=O) groups is 4. The predicted molar refractivity (Wildman–Crippen MR) is 215 cm³/mol. The highest BCUT2D eigenvalue weighted by molar-refractivity contribution is 7.91. The molecule has 1 saturated heterocycles. The van der Waals surface area contributed by atoms with Gasteiger partial charge < -0.3 is 24.4 Å². The monoisotopic (exact) mass is 852 g/mol. The maximum Gasteiger partial charge on any atom is 0.306 e. The summed E-state index contributed by atoms with van der Waals surface area (Å²) in [5, 5.41) is 3.03. The number of hydrogen-bond donors (Lipinski definition) is 2. The molecule has 0 unspecified atom stereocenters. The van der Waals surface area contributed by atoms with Crippen LogP contribution in [0.4, 0.5) is 8.78 Å². The summed E-state index contributed by atoms with van der Waals surface area (Å²) in [6.07, 6.45) is 10.9. The Balaban J connectivity index is 1.09. The van der Waals surface area contributed by atoms with Crippen molar-refractivity contribution in [3.63, 3.8) is 0 Å². The first-order valence-electron chi connectivity index (χ1n) is 21.7. The Morgan fingerprint density at radius 2 is 1.78 bits per heavy atom. The van der Waals surface area contributed by atoms with E-state index in [0.29, 0.717) is 49.1 Å². The Morgan fingerprint density at radius 3 is 2.50 bits per heavy atom. The molecule has 2 N–H and O–H groups in total. The number of sulfonamides is 1. The predicted octanol–water partition coefficient (Wildman–Crippen LogP) is 6.22. The number of ether oxygens (including phenoxy) is 3. The summed E-state index contributed by atoms with van der Waals surface area (Å²) in [7, 11) is -2.62. The third kappa shape index (κ3) is 7.52. The first-order chi connectivity index (χ1) is 28.6. The number of methoxy groups -OCH3 is 1. The molecular formula is C44H54F2N4O9S. The maximum absolute atomic E-state index is 17.1. The number of amides is 3. The summed E-state index contributed by atoms with van der Waals surface area (Å²) < 4.78 is 79.9. The molecule has 4 aliphatic carbocycles. The van der Waals surface area contributed by atoms with Gasteiger partial charge in [0, 0.05) is 29.6 Å². The van der Waals surface area contributed by atoms with Crippen LogP contribution < -0.4 is 19.5 Å². The molecule has 3 aliphatic heterocycles. The number of benzene rings is 1. The third-order valence-electron chi connectivity index (χ3n) is 14.1. The highest BCUT2D eigenvalue weighted by Crippen LogP contribution is 2.58. The van der Waals surface area contributed by atoms with Gasteiger partial charge in [-0.3, -0.25) is 23.9 Å². The Labute approximate surface area is 348 Å². The SMILES string of the molecule is COc1ccc2nc(C3CC3)c3c(c2c1)C(F)(F)C[C@]1(C[C@H]2C(=O)N[C@]4(C(=O)NS(=O)(=O)C5(C)CC5)C[C@H]4/C=C\CCCCC[C@H](CC(=O)OC4CCCC4)C(=O)N2C1)O3. The Bertz CT molecular complexity index is 2260. The first kappa shape index (κ1) is 41.0. The third-order valence-corrected chi connectivity index (χ3v) is 16.3. The van der Waals surface area contributed by atoms with Crippen molar-refractivity contribution in [1.82, 2.24) is 19.9 Å². The fraction of sp³-hybridized carbons (Fsp3) is 0.659. The van der Waals surface area contributed by atoms with Gasteiger partial charge in [-0.1, -0.05) is 25.0 Å². The van der Waals surface area contributed by atoms with Crippen LogP contribution in [-0.4, -0.2) is 83.7 Å². The molecule has 3 amide bonds. The van der Waals surface area contributed by atoms with Gasteiger partial charge in [0.15, 0.2) is 5.75 Å². The van der Waals surface area contributed by atoms with E-state index >= 15 is 8.78 Å². The molecule has 13 nitrogen and oxygen atoms in total. The zero-order chi connectivity index (χ0) is 42.2. The molecule has 60 heavy (non-hydrogen) atoms. The van der Waals surface area contributed by atoms with Crippen LogP contribution in [0.2, 0.25) is 0 Å². The van der Waals surface area contributed by atoms with E-state index in [9.17, 15) is 27.6 Å². The van der Waals surface area contributed by atoms with Crippen LogP contribution in [0.1, 0.15) is 133 Å². The lowest BCUT2D eigenvalue weighted by Crippen LogP contribution is -2.57. The molecule has 0 radical (unpaired) electrons. The second-order valence-corrected chi connectivity index (χ2v) is 20.9. The Hall–Kier alpha value is -4.34. The number of pyridine rings is 1. The molecule has 4 saturated carbocycles. The van der Waals surface area contributed by atoms with E-state index in [2.05, 4.69) is 10.0 Å². The number of aromatic nitrogens is 1. The standard InChI is InChI=1S/C44H54F2N4O9S/c1-41(18-19-41)60(55,56)49-40(54)43-22-28(43)11-7-5-3-4-6-10-27(20-34(51)58-29-12-8-9-13-29)39(53)50-25-42(23-33(50)38(52)48-43)24-44(45,46)35-31-21-30(57-2)16-17-32(31)47-36(26-14-15-26)37(35)59-42/h7,11,16-17,21,26-29,33H,3-6,8-10,12-15,18-20,22-25H2,1-2H3,(H,48,52)(H,49,54)/b11-7-/t27-,28-,33+,42+,43-/m1/s1. The number of esters is 1. The van der Waals surface area contributed by atoms with E-state index in [0.717, 1.165) is 51.4 Å². The summed E-state index contributed by atoms with van der Waals surface area (Å²) in [5.74, 6) is -7.45. The first-order valence-corrected chi connectivity index (χ1v) is 23.2. The van der Waals surface area contributed by atoms with Crippen molar-refractivity contribution in [1.29, 1.82) is 0 Å². The van der Waals surface area contributed by atoms with E-state index in [-0.39, 0.29) is 54.5 Å². The summed E-state index contributed by atoms with van der Waals surface area (Å²) in [5.41, 5.74) is -2.92. The fourth-order valence-corrected chi connectivity index (χ4v) is 11.3. The van der Waals surface area contributed by atoms with E-state index in [4.69, 9.17) is 19.2 Å². The number of nitrogens with zero attached hydrogens (tertiary/aromatic N) is 2. The number of allylic oxidation sites excluding steroid dienone is 1. The smallest absolute Gasteiger partial charge is 0.306 e. The molecular weight excluding hydrogens is 799 g/mol. The average molecular weight is 853 g/mol. The summed E-state index contributed by atoms with van der Waals surface area (Å²) in [6.45, 7) is 1.17. The maximum atomic E-state index is 17.1. The molecule has 5 fully saturated rings. The minimum absolute atomic E-state index is 0.0520. The molecule has 1 spiro atoms. The van der Waals surface area contributed by atoms with Crippen molar-refractivity contribution in [3.05, 3.63) is 41.6 Å². The Morgan fingerprint density at radius 1 is 1.03 bits per heavy atom. The molecule has 5 atom stereocenters. The van der Waals surface area contributed by atoms with Gasteiger partial charge in [0.05, 0.1) is 48.0 Å². The van der Waals surface area contributed by atoms with Gasteiger partial charge in [-0.2, -0.15) is 0 Å². The van der Waals surface area contributed by atoms with E-state index in [1.165, 1.54) is 18.1 Å². The summed E-state index contributed by atoms with van der Waals surface area (Å²) in [4.78, 5) is 63.3. The molecule has 4 heterocycles. The number of rotatable bonds is 8. The largest absolute Gasteiger partial charge is 0.497 e. The van der Waals surface area contributed by atoms with Crippen molar-refractivity contribution in [2.24, 2.45) is 11.8 Å². The molecule has 324 valence electrons. The molecule has 0 bridgehead atoms. The fourth-order valence-electron chi connectivity index (χ4n) is 9.98. The van der Waals surface area contributed by atoms with Crippen molar-refractivity contribution in [2.75, 3.05) is 13.7 Å². The molecule has 2 aromatic rings. The van der Waals surface area contributed by atoms with E-state index in [1.807, 2.05) is 12.2 Å². The van der Waals surface area contributed by atoms with Gasteiger partial charge in [-0.25, -0.2) is 22.2 Å². The van der Waals surface area contributed by atoms with Gasteiger partial charge in [0.25, 0.3) is 11.8 Å². The quantitative estimate of drug-likeness (QED) is 0.230. The van der Waals surface area contributed by atoms with Gasteiger partial charge in [-0.05, 0) is 102 Å². The van der Waals surface area contributed by atoms with Crippen LogP contribution >= 0.6 is 0 Å². The number of nitrogens with one attached hydrogen (secondary N) is 2. The van der Waals surface area contributed by atoms with Gasteiger partial charge >= 0.3 is 5.97 Å². The number of hydrogen-bond acceptors (Lipinski definition) is 10. The van der Waals surface area contributed by atoms with Crippen molar-refractivity contribution in [2.45, 2.75) is 156 Å². The number of alkyl halides is 2. The van der Waals surface area contributed by atoms with Crippen LogP contribution in [0.15, 0.2) is 30.4 Å². The van der Waals surface area contributed by atoms with Crippen molar-refractivity contribution in [3.8, 4) is 11.5 Å². The molecule has 1 aromatic carbocycles. The van der Waals surface area contributed by atoms with E-state index in [1.54, 1.807) is 19.1 Å². The van der Waals surface area contributed by atoms with E-state index < -0.39 is 79.8 Å². The van der Waals surface area contributed by atoms with Gasteiger partial charge in [-0.15, -0.1) is 0 Å². The molecule has 9 rings (SSSR count). The number of carbonyl (C=O) groups excluding carboxylic acids is 4. The number of halogens is 2. The van der Waals surface area contributed by atoms with Crippen LogP contribution in [-0.2, 0) is 39.9 Å². The minimum atomic E-state index is -4.07. The molecule has 16 heteroatoms. The minimum Gasteiger partial charge on any atom is -0.497 e. The van der Waals surface area contributed by atoms with Crippen molar-refractivity contribution >= 4 is 44.6 Å². The zero-order valence-corrected chi connectivity index (χ0v) is 35.1. The lowest BCUT2D eigenvalue weighted by atomic mass is 9.84. The normalized spacial score (nSPS) is 31.7. The highest BCUT2D eigenvalue weighted by atomic mass is 32.2. The lowest BCUT2D eigenvalue weighted by Gasteiger charge is -2.40. The van der Waals surface area contributed by atoms with Crippen molar-refractivity contribution < 1.29 is 50.6 Å².